The number of carbonyl (C=O) groups is 1. The minimum atomic E-state index is -0.708. The van der Waals surface area contributed by atoms with Gasteiger partial charge in [0, 0.05) is 5.69 Å². The molecule has 0 unspecified atom stereocenters. The lowest BCUT2D eigenvalue weighted by molar-refractivity contribution is -0.155. The average Bonchev–Trinajstić information content (AvgIpc) is 2.33. The van der Waals surface area contributed by atoms with Crippen molar-refractivity contribution in [3.05, 3.63) is 29.3 Å². The number of benzene rings is 1. The van der Waals surface area contributed by atoms with Gasteiger partial charge in [-0.25, -0.2) is 4.79 Å². The number of methoxy groups -OCH3 is 1. The van der Waals surface area contributed by atoms with Gasteiger partial charge < -0.3 is 15.2 Å². The van der Waals surface area contributed by atoms with Crippen LogP contribution in [0, 0.1) is 12.8 Å². The van der Waals surface area contributed by atoms with Gasteiger partial charge in [-0.2, -0.15) is 0 Å². The van der Waals surface area contributed by atoms with Crippen LogP contribution in [0.3, 0.4) is 0 Å². The third kappa shape index (κ3) is 3.47. The van der Waals surface area contributed by atoms with Crippen molar-refractivity contribution < 1.29 is 14.3 Å². The van der Waals surface area contributed by atoms with Crippen LogP contribution in [-0.2, 0) is 14.3 Å². The molecule has 0 amide bonds. The lowest BCUT2D eigenvalue weighted by atomic mass is 10.0. The Balaban J connectivity index is 3.01. The molecule has 100 valence electrons. The van der Waals surface area contributed by atoms with Crippen LogP contribution in [0.15, 0.2) is 18.2 Å². The van der Waals surface area contributed by atoms with Crippen molar-refractivity contribution in [1.82, 2.24) is 0 Å². The lowest BCUT2D eigenvalue weighted by Gasteiger charge is -2.19. The fourth-order valence-electron chi connectivity index (χ4n) is 1.64. The summed E-state index contributed by atoms with van der Waals surface area (Å²) in [6, 6.07) is 5.45. The fourth-order valence-corrected chi connectivity index (χ4v) is 1.64. The Morgan fingerprint density at radius 2 is 2.06 bits per heavy atom. The molecule has 1 rings (SSSR count). The Labute approximate surface area is 108 Å². The van der Waals surface area contributed by atoms with Crippen molar-refractivity contribution in [2.75, 3.05) is 19.5 Å². The number of esters is 1. The first-order valence-corrected chi connectivity index (χ1v) is 6.01. The highest BCUT2D eigenvalue weighted by atomic mass is 16.6. The van der Waals surface area contributed by atoms with Gasteiger partial charge in [0.15, 0.2) is 6.10 Å². The molecule has 0 radical (unpaired) electrons. The van der Waals surface area contributed by atoms with Crippen molar-refractivity contribution >= 4 is 11.7 Å². The van der Waals surface area contributed by atoms with E-state index in [1.807, 2.05) is 32.9 Å². The predicted molar refractivity (Wildman–Crippen MR) is 71.1 cm³/mol. The standard InChI is InChI=1S/C14H21NO3/c1-9(2)8-18-13(14(16)17-4)11-6-5-7-12(15)10(11)3/h5-7,9,13H,8,15H2,1-4H3/t13-/m0/s1. The maximum atomic E-state index is 11.8. The van der Waals surface area contributed by atoms with Gasteiger partial charge in [-0.3, -0.25) is 0 Å². The lowest BCUT2D eigenvalue weighted by Crippen LogP contribution is -2.21. The summed E-state index contributed by atoms with van der Waals surface area (Å²) < 4.78 is 10.4. The molecule has 0 aliphatic heterocycles. The van der Waals surface area contributed by atoms with Crippen LogP contribution >= 0.6 is 0 Å². The van der Waals surface area contributed by atoms with Crippen LogP contribution in [0.25, 0.3) is 0 Å². The van der Waals surface area contributed by atoms with Crippen molar-refractivity contribution in [3.8, 4) is 0 Å². The maximum Gasteiger partial charge on any atom is 0.339 e. The van der Waals surface area contributed by atoms with Gasteiger partial charge in [0.25, 0.3) is 0 Å². The molecule has 18 heavy (non-hydrogen) atoms. The Morgan fingerprint density at radius 1 is 1.39 bits per heavy atom. The number of ether oxygens (including phenoxy) is 2. The van der Waals surface area contributed by atoms with Crippen LogP contribution in [0.1, 0.15) is 31.1 Å². The summed E-state index contributed by atoms with van der Waals surface area (Å²) in [7, 11) is 1.36. The molecule has 0 saturated carbocycles. The second-order valence-corrected chi connectivity index (χ2v) is 4.69. The zero-order chi connectivity index (χ0) is 13.7. The molecule has 0 saturated heterocycles. The SMILES string of the molecule is COC(=O)[C@@H](OCC(C)C)c1cccc(N)c1C. The van der Waals surface area contributed by atoms with E-state index in [0.717, 1.165) is 11.1 Å². The molecule has 1 aromatic carbocycles. The quantitative estimate of drug-likeness (QED) is 0.645. The summed E-state index contributed by atoms with van der Waals surface area (Å²) in [6.45, 7) is 6.43. The minimum Gasteiger partial charge on any atom is -0.467 e. The molecule has 4 heteroatoms. The molecule has 0 aromatic heterocycles. The average molecular weight is 251 g/mol. The van der Waals surface area contributed by atoms with Crippen LogP contribution < -0.4 is 5.73 Å². The Morgan fingerprint density at radius 3 is 2.61 bits per heavy atom. The molecular weight excluding hydrogens is 230 g/mol. The van der Waals surface area contributed by atoms with Gasteiger partial charge in [-0.15, -0.1) is 0 Å². The number of nitrogen functional groups attached to an aromatic ring is 1. The van der Waals surface area contributed by atoms with Crippen molar-refractivity contribution in [2.24, 2.45) is 5.92 Å². The van der Waals surface area contributed by atoms with Crippen LogP contribution in [0.5, 0.6) is 0 Å². The number of nitrogens with two attached hydrogens (primary N) is 1. The zero-order valence-corrected chi connectivity index (χ0v) is 11.4. The molecule has 1 aromatic rings. The molecule has 0 spiro atoms. The second kappa shape index (κ2) is 6.40. The predicted octanol–water partition coefficient (Wildman–Crippen LogP) is 2.46. The van der Waals surface area contributed by atoms with Crippen LogP contribution in [0.4, 0.5) is 5.69 Å². The number of rotatable bonds is 5. The highest BCUT2D eigenvalue weighted by molar-refractivity contribution is 5.77. The summed E-state index contributed by atoms with van der Waals surface area (Å²) in [6.07, 6.45) is -0.708. The number of carbonyl (C=O) groups excluding carboxylic acids is 1. The molecule has 0 bridgehead atoms. The summed E-state index contributed by atoms with van der Waals surface area (Å²) in [5, 5.41) is 0. The van der Waals surface area contributed by atoms with Gasteiger partial charge in [-0.1, -0.05) is 26.0 Å². The third-order valence-electron chi connectivity index (χ3n) is 2.71. The molecule has 1 atom stereocenters. The van der Waals surface area contributed by atoms with Gasteiger partial charge >= 0.3 is 5.97 Å². The van der Waals surface area contributed by atoms with Crippen LogP contribution in [-0.4, -0.2) is 19.7 Å². The third-order valence-corrected chi connectivity index (χ3v) is 2.71. The van der Waals surface area contributed by atoms with Crippen LogP contribution in [0.2, 0.25) is 0 Å². The molecule has 4 nitrogen and oxygen atoms in total. The first-order valence-electron chi connectivity index (χ1n) is 6.01. The first kappa shape index (κ1) is 14.5. The van der Waals surface area contributed by atoms with E-state index in [0.29, 0.717) is 18.2 Å². The van der Waals surface area contributed by atoms with E-state index in [9.17, 15) is 4.79 Å². The number of anilines is 1. The van der Waals surface area contributed by atoms with E-state index >= 15 is 0 Å². The first-order chi connectivity index (χ1) is 8.47. The van der Waals surface area contributed by atoms with Crippen molar-refractivity contribution in [2.45, 2.75) is 26.9 Å². The Hall–Kier alpha value is -1.55. The highest BCUT2D eigenvalue weighted by Crippen LogP contribution is 2.26. The highest BCUT2D eigenvalue weighted by Gasteiger charge is 2.24. The molecule has 0 aliphatic rings. The fraction of sp³-hybridized carbons (Fsp3) is 0.500. The smallest absolute Gasteiger partial charge is 0.339 e. The van der Waals surface area contributed by atoms with Gasteiger partial charge in [0.05, 0.1) is 13.7 Å². The van der Waals surface area contributed by atoms with Gasteiger partial charge in [0.1, 0.15) is 0 Å². The monoisotopic (exact) mass is 251 g/mol. The summed E-state index contributed by atoms with van der Waals surface area (Å²) in [5.41, 5.74) is 8.12. The number of hydrogen-bond donors (Lipinski definition) is 1. The minimum absolute atomic E-state index is 0.346. The van der Waals surface area contributed by atoms with E-state index in [1.54, 1.807) is 6.07 Å². The summed E-state index contributed by atoms with van der Waals surface area (Å²) >= 11 is 0. The van der Waals surface area contributed by atoms with Crippen molar-refractivity contribution in [3.63, 3.8) is 0 Å². The number of hydrogen-bond acceptors (Lipinski definition) is 4. The maximum absolute atomic E-state index is 11.8. The van der Waals surface area contributed by atoms with Crippen molar-refractivity contribution in [1.29, 1.82) is 0 Å². The largest absolute Gasteiger partial charge is 0.467 e. The normalized spacial score (nSPS) is 12.5. The van der Waals surface area contributed by atoms with E-state index in [2.05, 4.69) is 0 Å². The molecule has 0 aliphatic carbocycles. The van der Waals surface area contributed by atoms with E-state index in [4.69, 9.17) is 15.2 Å². The molecular formula is C14H21NO3. The second-order valence-electron chi connectivity index (χ2n) is 4.69. The van der Waals surface area contributed by atoms with Gasteiger partial charge in [0.2, 0.25) is 0 Å². The van der Waals surface area contributed by atoms with E-state index < -0.39 is 12.1 Å². The summed E-state index contributed by atoms with van der Waals surface area (Å²) in [5.74, 6) is -0.0529. The molecule has 2 N–H and O–H groups in total. The summed E-state index contributed by atoms with van der Waals surface area (Å²) in [4.78, 5) is 11.8. The Kier molecular flexibility index (Phi) is 5.16. The van der Waals surface area contributed by atoms with E-state index in [1.165, 1.54) is 7.11 Å². The molecule has 0 heterocycles. The Bertz CT molecular complexity index is 416. The van der Waals surface area contributed by atoms with Gasteiger partial charge in [-0.05, 0) is 30.0 Å². The van der Waals surface area contributed by atoms with E-state index in [-0.39, 0.29) is 0 Å². The molecule has 0 fully saturated rings. The topological polar surface area (TPSA) is 61.5 Å². The zero-order valence-electron chi connectivity index (χ0n) is 11.4.